The lowest BCUT2D eigenvalue weighted by molar-refractivity contribution is -0.140. The van der Waals surface area contributed by atoms with Crippen LogP contribution < -0.4 is 5.56 Å². The fourth-order valence-electron chi connectivity index (χ4n) is 4.36. The molecule has 10 heteroatoms. The first-order chi connectivity index (χ1) is 15.3. The van der Waals surface area contributed by atoms with Crippen molar-refractivity contribution in [2.45, 2.75) is 51.1 Å². The van der Waals surface area contributed by atoms with Gasteiger partial charge in [-0.1, -0.05) is 60.9 Å². The molecular formula is C22H20F3N5OS. The predicted molar refractivity (Wildman–Crippen MR) is 116 cm³/mol. The van der Waals surface area contributed by atoms with Crippen LogP contribution in [0.15, 0.2) is 35.1 Å². The first kappa shape index (κ1) is 20.9. The van der Waals surface area contributed by atoms with Crippen molar-refractivity contribution in [3.8, 4) is 21.7 Å². The Hall–Kier alpha value is -3.01. The van der Waals surface area contributed by atoms with Crippen LogP contribution >= 0.6 is 11.3 Å². The van der Waals surface area contributed by atoms with Gasteiger partial charge in [-0.3, -0.25) is 9.89 Å². The maximum absolute atomic E-state index is 13.8. The fraction of sp³-hybridized carbons (Fsp3) is 0.364. The first-order valence-corrected chi connectivity index (χ1v) is 11.3. The summed E-state index contributed by atoms with van der Waals surface area (Å²) in [5, 5.41) is 12.0. The molecule has 0 bridgehead atoms. The fourth-order valence-corrected chi connectivity index (χ4v) is 5.46. The summed E-state index contributed by atoms with van der Waals surface area (Å²) in [7, 11) is 0. The van der Waals surface area contributed by atoms with Crippen molar-refractivity contribution in [3.63, 3.8) is 0 Å². The highest BCUT2D eigenvalue weighted by Gasteiger charge is 2.38. The highest BCUT2D eigenvalue weighted by molar-refractivity contribution is 7.14. The number of hydrogen-bond donors (Lipinski definition) is 1. The lowest BCUT2D eigenvalue weighted by Crippen LogP contribution is -2.19. The Morgan fingerprint density at radius 3 is 2.47 bits per heavy atom. The minimum absolute atomic E-state index is 0.0632. The second-order valence-electron chi connectivity index (χ2n) is 8.04. The van der Waals surface area contributed by atoms with E-state index in [9.17, 15) is 18.0 Å². The largest absolute Gasteiger partial charge is 0.433 e. The van der Waals surface area contributed by atoms with E-state index < -0.39 is 17.4 Å². The van der Waals surface area contributed by atoms with E-state index in [-0.39, 0.29) is 16.8 Å². The van der Waals surface area contributed by atoms with E-state index in [0.29, 0.717) is 22.2 Å². The molecule has 1 N–H and O–H groups in total. The minimum atomic E-state index is -4.68. The molecule has 0 spiro atoms. The maximum atomic E-state index is 13.8. The standard InChI is InChI=1S/C22H20F3N5OS/c1-12-15(20-28-27-19(32-20)14-10-6-3-7-11-14)21(31)30-18(26-12)16(13-8-4-2-5-9-13)17(29-30)22(23,24)25/h2,4-5,8-9,14,29H,3,6-7,10-11H2,1H3. The van der Waals surface area contributed by atoms with Gasteiger partial charge in [0, 0.05) is 5.92 Å². The summed E-state index contributed by atoms with van der Waals surface area (Å²) in [6, 6.07) is 8.14. The monoisotopic (exact) mass is 459 g/mol. The summed E-state index contributed by atoms with van der Waals surface area (Å²) < 4.78 is 42.4. The van der Waals surface area contributed by atoms with Gasteiger partial charge >= 0.3 is 6.18 Å². The third-order valence-corrected chi connectivity index (χ3v) is 7.02. The third kappa shape index (κ3) is 3.52. The molecule has 0 atom stereocenters. The summed E-state index contributed by atoms with van der Waals surface area (Å²) in [5.74, 6) is 0.321. The number of hydrogen-bond acceptors (Lipinski definition) is 5. The van der Waals surface area contributed by atoms with Crippen LogP contribution in [0.4, 0.5) is 13.2 Å². The molecule has 1 aliphatic carbocycles. The number of aromatic amines is 1. The number of rotatable bonds is 3. The van der Waals surface area contributed by atoms with Crippen molar-refractivity contribution >= 4 is 17.0 Å². The maximum Gasteiger partial charge on any atom is 0.433 e. The minimum Gasteiger partial charge on any atom is -0.284 e. The van der Waals surface area contributed by atoms with Gasteiger partial charge in [0.05, 0.1) is 11.3 Å². The highest BCUT2D eigenvalue weighted by atomic mass is 32.1. The zero-order valence-electron chi connectivity index (χ0n) is 17.2. The number of aromatic nitrogens is 5. The Bertz CT molecular complexity index is 1330. The molecule has 1 aromatic carbocycles. The van der Waals surface area contributed by atoms with Crippen LogP contribution in [-0.4, -0.2) is 24.8 Å². The van der Waals surface area contributed by atoms with Crippen LogP contribution in [0.3, 0.4) is 0 Å². The van der Waals surface area contributed by atoms with Crippen molar-refractivity contribution in [2.24, 2.45) is 0 Å². The zero-order valence-corrected chi connectivity index (χ0v) is 18.1. The van der Waals surface area contributed by atoms with Gasteiger partial charge in [0.2, 0.25) is 0 Å². The third-order valence-electron chi connectivity index (χ3n) is 5.92. The molecule has 1 saturated carbocycles. The topological polar surface area (TPSA) is 75.9 Å². The van der Waals surface area contributed by atoms with E-state index in [0.717, 1.165) is 35.2 Å². The molecule has 0 saturated heterocycles. The number of alkyl halides is 3. The molecule has 6 nitrogen and oxygen atoms in total. The molecule has 32 heavy (non-hydrogen) atoms. The molecule has 3 aromatic heterocycles. The van der Waals surface area contributed by atoms with E-state index in [4.69, 9.17) is 0 Å². The first-order valence-electron chi connectivity index (χ1n) is 10.5. The van der Waals surface area contributed by atoms with Crippen LogP contribution in [0.2, 0.25) is 0 Å². The molecule has 166 valence electrons. The second kappa shape index (κ2) is 7.84. The number of nitrogens with one attached hydrogen (secondary N) is 1. The number of H-pyrrole nitrogens is 1. The van der Waals surface area contributed by atoms with E-state index in [1.54, 1.807) is 37.3 Å². The molecule has 3 heterocycles. The van der Waals surface area contributed by atoms with Crippen molar-refractivity contribution in [1.29, 1.82) is 0 Å². The van der Waals surface area contributed by atoms with Gasteiger partial charge in [0.15, 0.2) is 10.7 Å². The summed E-state index contributed by atoms with van der Waals surface area (Å²) in [4.78, 5) is 17.7. The number of halogens is 3. The summed E-state index contributed by atoms with van der Waals surface area (Å²) in [6.07, 6.45) is 0.878. The second-order valence-corrected chi connectivity index (χ2v) is 9.05. The highest BCUT2D eigenvalue weighted by Crippen LogP contribution is 2.39. The number of aryl methyl sites for hydroxylation is 1. The van der Waals surface area contributed by atoms with Crippen molar-refractivity contribution in [2.75, 3.05) is 0 Å². The Morgan fingerprint density at radius 2 is 1.78 bits per heavy atom. The SMILES string of the molecule is Cc1nc2c(-c3ccccc3)c(C(F)(F)F)[nH]n2c(=O)c1-c1nnc(C2CCCCC2)s1. The van der Waals surface area contributed by atoms with Gasteiger partial charge in [-0.05, 0) is 25.3 Å². The van der Waals surface area contributed by atoms with Crippen LogP contribution in [0.1, 0.15) is 54.4 Å². The molecule has 0 unspecified atom stereocenters. The normalized spacial score (nSPS) is 15.5. The summed E-state index contributed by atoms with van der Waals surface area (Å²) in [5.41, 5.74) is -1.01. The molecule has 0 radical (unpaired) electrons. The van der Waals surface area contributed by atoms with Crippen molar-refractivity contribution < 1.29 is 13.2 Å². The average Bonchev–Trinajstić information content (AvgIpc) is 3.40. The lowest BCUT2D eigenvalue weighted by Gasteiger charge is -2.18. The van der Waals surface area contributed by atoms with Gasteiger partial charge in [-0.25, -0.2) is 4.98 Å². The van der Waals surface area contributed by atoms with E-state index >= 15 is 0 Å². The quantitative estimate of drug-likeness (QED) is 0.434. The zero-order chi connectivity index (χ0) is 22.5. The molecular weight excluding hydrogens is 439 g/mol. The van der Waals surface area contributed by atoms with Crippen LogP contribution in [-0.2, 0) is 6.18 Å². The van der Waals surface area contributed by atoms with E-state index in [1.807, 2.05) is 0 Å². The van der Waals surface area contributed by atoms with Crippen LogP contribution in [0.25, 0.3) is 27.3 Å². The van der Waals surface area contributed by atoms with Gasteiger partial charge in [-0.2, -0.15) is 17.7 Å². The van der Waals surface area contributed by atoms with Gasteiger partial charge in [-0.15, -0.1) is 10.2 Å². The van der Waals surface area contributed by atoms with Gasteiger partial charge in [0.25, 0.3) is 5.56 Å². The molecule has 0 amide bonds. The Kier molecular flexibility index (Phi) is 5.11. The number of fused-ring (bicyclic) bond motifs is 1. The lowest BCUT2D eigenvalue weighted by atomic mass is 9.90. The Balaban J connectivity index is 1.69. The molecule has 5 rings (SSSR count). The number of nitrogens with zero attached hydrogens (tertiary/aromatic N) is 4. The molecule has 1 fully saturated rings. The van der Waals surface area contributed by atoms with Gasteiger partial charge in [0.1, 0.15) is 16.3 Å². The summed E-state index contributed by atoms with van der Waals surface area (Å²) in [6.45, 7) is 1.62. The van der Waals surface area contributed by atoms with E-state index in [2.05, 4.69) is 20.3 Å². The average molecular weight is 459 g/mol. The van der Waals surface area contributed by atoms with Crippen molar-refractivity contribution in [1.82, 2.24) is 24.8 Å². The van der Waals surface area contributed by atoms with Crippen LogP contribution in [0.5, 0.6) is 0 Å². The molecule has 1 aliphatic rings. The van der Waals surface area contributed by atoms with Gasteiger partial charge < -0.3 is 0 Å². The summed E-state index contributed by atoms with van der Waals surface area (Å²) >= 11 is 1.33. The van der Waals surface area contributed by atoms with Crippen molar-refractivity contribution in [3.05, 3.63) is 57.1 Å². The smallest absolute Gasteiger partial charge is 0.284 e. The Labute approximate surface area is 185 Å². The van der Waals surface area contributed by atoms with Crippen LogP contribution in [0, 0.1) is 6.92 Å². The number of benzene rings is 1. The van der Waals surface area contributed by atoms with E-state index in [1.165, 1.54) is 17.8 Å². The Morgan fingerprint density at radius 1 is 1.06 bits per heavy atom. The predicted octanol–water partition coefficient (Wildman–Crippen LogP) is 5.58. The molecule has 0 aliphatic heterocycles. The molecule has 4 aromatic rings.